The average Bonchev–Trinajstić information content (AvgIpc) is 2.30. The lowest BCUT2D eigenvalue weighted by Crippen LogP contribution is -2.27. The maximum atomic E-state index is 11.8. The molecule has 0 N–H and O–H groups in total. The first-order valence-electron chi connectivity index (χ1n) is 4.37. The van der Waals surface area contributed by atoms with Crippen molar-refractivity contribution in [2.24, 2.45) is 0 Å². The Hall–Kier alpha value is -1.49. The number of halogens is 1. The van der Waals surface area contributed by atoms with Crippen LogP contribution in [0, 0.1) is 0 Å². The lowest BCUT2D eigenvalue weighted by atomic mass is 9.99. The van der Waals surface area contributed by atoms with Gasteiger partial charge < -0.3 is 14.2 Å². The number of methoxy groups -OCH3 is 3. The number of carbonyl (C=O) groups excluding carboxylic acids is 2. The second-order valence-electron chi connectivity index (χ2n) is 2.87. The third-order valence-electron chi connectivity index (χ3n) is 2.12. The van der Waals surface area contributed by atoms with Gasteiger partial charge in [-0.25, -0.2) is 0 Å². The molecule has 1 aliphatic rings. The van der Waals surface area contributed by atoms with Gasteiger partial charge in [0.25, 0.3) is 5.78 Å². The van der Waals surface area contributed by atoms with E-state index in [-0.39, 0.29) is 28.7 Å². The van der Waals surface area contributed by atoms with E-state index in [1.165, 1.54) is 21.3 Å². The molecule has 0 saturated carbocycles. The highest BCUT2D eigenvalue weighted by atomic mass is 35.5. The van der Waals surface area contributed by atoms with Crippen LogP contribution in [0.15, 0.2) is 22.9 Å². The van der Waals surface area contributed by atoms with Crippen LogP contribution >= 0.6 is 11.6 Å². The number of carbonyl (C=O) groups is 2. The van der Waals surface area contributed by atoms with Crippen molar-refractivity contribution in [3.05, 3.63) is 22.9 Å². The summed E-state index contributed by atoms with van der Waals surface area (Å²) < 4.78 is 14.5. The fraction of sp³-hybridized carbons (Fsp3) is 0.400. The molecule has 0 amide bonds. The van der Waals surface area contributed by atoms with Crippen LogP contribution in [-0.4, -0.2) is 38.8 Å². The summed E-state index contributed by atoms with van der Waals surface area (Å²) in [6.45, 7) is 0. The molecule has 1 aliphatic carbocycles. The zero-order valence-electron chi connectivity index (χ0n) is 9.13. The molecule has 0 saturated heterocycles. The van der Waals surface area contributed by atoms with Crippen molar-refractivity contribution in [3.8, 4) is 0 Å². The van der Waals surface area contributed by atoms with E-state index in [1.807, 2.05) is 0 Å². The number of allylic oxidation sites excluding steroid dienone is 1. The zero-order chi connectivity index (χ0) is 12.3. The van der Waals surface area contributed by atoms with E-state index in [4.69, 9.17) is 25.8 Å². The standard InChI is InChI=1S/C10H11ClO5/c1-14-8-5(4-11)6(12)9(15-2)10(16-3)7(8)13/h4H2,1-3H3. The Balaban J connectivity index is 3.35. The smallest absolute Gasteiger partial charge is 0.266 e. The van der Waals surface area contributed by atoms with Crippen molar-refractivity contribution in [2.45, 2.75) is 0 Å². The van der Waals surface area contributed by atoms with Crippen molar-refractivity contribution in [1.29, 1.82) is 0 Å². The molecule has 6 heteroatoms. The molecule has 0 aromatic heterocycles. The van der Waals surface area contributed by atoms with E-state index in [2.05, 4.69) is 0 Å². The molecular weight excluding hydrogens is 236 g/mol. The fourth-order valence-electron chi connectivity index (χ4n) is 1.39. The van der Waals surface area contributed by atoms with Gasteiger partial charge in [0.2, 0.25) is 17.3 Å². The molecule has 1 rings (SSSR count). The molecule has 88 valence electrons. The van der Waals surface area contributed by atoms with Crippen LogP contribution in [0.25, 0.3) is 0 Å². The summed E-state index contributed by atoms with van der Waals surface area (Å²) in [6.07, 6.45) is 0. The lowest BCUT2D eigenvalue weighted by Gasteiger charge is -2.19. The van der Waals surface area contributed by atoms with Crippen LogP contribution in [0.5, 0.6) is 0 Å². The van der Waals surface area contributed by atoms with Gasteiger partial charge in [-0.15, -0.1) is 11.6 Å². The Morgan fingerprint density at radius 1 is 0.875 bits per heavy atom. The second kappa shape index (κ2) is 5.03. The number of rotatable bonds is 4. The second-order valence-corrected chi connectivity index (χ2v) is 3.14. The molecule has 0 heterocycles. The molecule has 0 aliphatic heterocycles. The van der Waals surface area contributed by atoms with E-state index < -0.39 is 11.6 Å². The maximum Gasteiger partial charge on any atom is 0.266 e. The minimum atomic E-state index is -0.544. The third kappa shape index (κ3) is 1.78. The first kappa shape index (κ1) is 12.6. The minimum absolute atomic E-state index is 0.0758. The Labute approximate surface area is 97.6 Å². The van der Waals surface area contributed by atoms with Crippen LogP contribution in [-0.2, 0) is 23.8 Å². The first-order chi connectivity index (χ1) is 7.62. The van der Waals surface area contributed by atoms with Crippen molar-refractivity contribution in [2.75, 3.05) is 27.2 Å². The van der Waals surface area contributed by atoms with Gasteiger partial charge >= 0.3 is 0 Å². The van der Waals surface area contributed by atoms with Gasteiger partial charge in [0.1, 0.15) is 0 Å². The van der Waals surface area contributed by atoms with Crippen molar-refractivity contribution in [1.82, 2.24) is 0 Å². The summed E-state index contributed by atoms with van der Waals surface area (Å²) in [4.78, 5) is 23.6. The predicted octanol–water partition coefficient (Wildman–Crippen LogP) is 0.782. The van der Waals surface area contributed by atoms with E-state index in [1.54, 1.807) is 0 Å². The molecule has 0 aromatic carbocycles. The van der Waals surface area contributed by atoms with E-state index >= 15 is 0 Å². The summed E-state index contributed by atoms with van der Waals surface area (Å²) in [5, 5.41) is 0. The van der Waals surface area contributed by atoms with Crippen LogP contribution in [0.3, 0.4) is 0 Å². The topological polar surface area (TPSA) is 61.8 Å². The molecular formula is C10H11ClO5. The quantitative estimate of drug-likeness (QED) is 0.542. The number of ether oxygens (including phenoxy) is 3. The summed E-state index contributed by atoms with van der Waals surface area (Å²) in [5.74, 6) is -1.58. The van der Waals surface area contributed by atoms with Gasteiger partial charge in [-0.3, -0.25) is 9.59 Å². The molecule has 0 unspecified atom stereocenters. The lowest BCUT2D eigenvalue weighted by molar-refractivity contribution is -0.123. The van der Waals surface area contributed by atoms with Crippen molar-refractivity contribution >= 4 is 23.2 Å². The van der Waals surface area contributed by atoms with Crippen LogP contribution < -0.4 is 0 Å². The highest BCUT2D eigenvalue weighted by Gasteiger charge is 2.37. The van der Waals surface area contributed by atoms with E-state index in [0.29, 0.717) is 0 Å². The van der Waals surface area contributed by atoms with Crippen LogP contribution in [0.4, 0.5) is 0 Å². The molecule has 0 bridgehead atoms. The number of Topliss-reactive ketones (excluding diaryl/α,β-unsaturated/α-hetero) is 2. The summed E-state index contributed by atoms with van der Waals surface area (Å²) in [7, 11) is 3.85. The SMILES string of the molecule is COC1=C(CCl)C(=O)C(OC)=C(OC)C1=O. The first-order valence-corrected chi connectivity index (χ1v) is 4.90. The fourth-order valence-corrected chi connectivity index (χ4v) is 1.64. The van der Waals surface area contributed by atoms with Gasteiger partial charge in [-0.2, -0.15) is 0 Å². The molecule has 0 aromatic rings. The highest BCUT2D eigenvalue weighted by molar-refractivity contribution is 6.29. The van der Waals surface area contributed by atoms with Crippen LogP contribution in [0.1, 0.15) is 0 Å². The number of alkyl halides is 1. The largest absolute Gasteiger partial charge is 0.492 e. The number of hydrogen-bond acceptors (Lipinski definition) is 5. The van der Waals surface area contributed by atoms with Crippen LogP contribution in [0.2, 0.25) is 0 Å². The zero-order valence-corrected chi connectivity index (χ0v) is 9.88. The summed E-state index contributed by atoms with van der Waals surface area (Å²) in [6, 6.07) is 0. The molecule has 0 spiro atoms. The van der Waals surface area contributed by atoms with Gasteiger partial charge in [0.05, 0.1) is 32.8 Å². The van der Waals surface area contributed by atoms with Gasteiger partial charge in [0.15, 0.2) is 5.76 Å². The highest BCUT2D eigenvalue weighted by Crippen LogP contribution is 2.26. The monoisotopic (exact) mass is 246 g/mol. The molecule has 0 radical (unpaired) electrons. The Bertz CT molecular complexity index is 324. The molecule has 0 fully saturated rings. The van der Waals surface area contributed by atoms with Gasteiger partial charge in [-0.1, -0.05) is 0 Å². The maximum absolute atomic E-state index is 11.8. The molecule has 0 atom stereocenters. The minimum Gasteiger partial charge on any atom is -0.492 e. The Morgan fingerprint density at radius 3 is 1.69 bits per heavy atom. The Morgan fingerprint density at radius 2 is 1.31 bits per heavy atom. The predicted molar refractivity (Wildman–Crippen MR) is 55.8 cm³/mol. The molecule has 5 nitrogen and oxygen atoms in total. The number of hydrogen-bond donors (Lipinski definition) is 0. The Kier molecular flexibility index (Phi) is 3.95. The van der Waals surface area contributed by atoms with Crippen molar-refractivity contribution in [3.63, 3.8) is 0 Å². The summed E-state index contributed by atoms with van der Waals surface area (Å²) >= 11 is 5.60. The van der Waals surface area contributed by atoms with E-state index in [0.717, 1.165) is 0 Å². The van der Waals surface area contributed by atoms with Gasteiger partial charge in [-0.05, 0) is 0 Å². The molecule has 16 heavy (non-hydrogen) atoms. The average molecular weight is 247 g/mol. The third-order valence-corrected chi connectivity index (χ3v) is 2.39. The summed E-state index contributed by atoms with van der Waals surface area (Å²) in [5.41, 5.74) is 0.0758. The number of ketones is 2. The van der Waals surface area contributed by atoms with E-state index in [9.17, 15) is 9.59 Å². The van der Waals surface area contributed by atoms with Gasteiger partial charge in [0, 0.05) is 0 Å². The normalized spacial score (nSPS) is 16.8. The van der Waals surface area contributed by atoms with Crippen molar-refractivity contribution < 1.29 is 23.8 Å².